The predicted octanol–water partition coefficient (Wildman–Crippen LogP) is 13.0. The maximum Gasteiger partial charge on any atom is 0.164 e. The molecule has 0 fully saturated rings. The molecule has 57 heavy (non-hydrogen) atoms. The highest BCUT2D eigenvalue weighted by atomic mass is 16.3. The molecule has 0 unspecified atom stereocenters. The summed E-state index contributed by atoms with van der Waals surface area (Å²) < 4.78 is 11.8. The Balaban J connectivity index is 1.20. The van der Waals surface area contributed by atoms with Crippen LogP contribution in [0.5, 0.6) is 0 Å². The SMILES string of the molecule is c1ccc(-c2nc(-c3ccccc3)nc(-c3cccc(-n4c5ccccc5c5c6c7ccccc7n(-c7ccccc7)c6c6c7ccccc7oc6c54)c3)n2)cc1. The Morgan fingerprint density at radius 3 is 1.44 bits per heavy atom. The van der Waals surface area contributed by atoms with E-state index in [9.17, 15) is 0 Å². The van der Waals surface area contributed by atoms with E-state index in [1.165, 1.54) is 10.8 Å². The Labute approximate surface area is 326 Å². The zero-order valence-corrected chi connectivity index (χ0v) is 30.5. The molecule has 0 atom stereocenters. The fourth-order valence-corrected chi connectivity index (χ4v) is 8.72. The Bertz CT molecular complexity index is 3450. The molecular formula is C51H31N5O. The molecule has 266 valence electrons. The maximum absolute atomic E-state index is 7.03. The average Bonchev–Trinajstić information content (AvgIpc) is 3.95. The highest BCUT2D eigenvalue weighted by molar-refractivity contribution is 6.39. The average molecular weight is 730 g/mol. The number of hydrogen-bond acceptors (Lipinski definition) is 4. The Morgan fingerprint density at radius 2 is 0.807 bits per heavy atom. The van der Waals surface area contributed by atoms with Crippen molar-refractivity contribution in [3.05, 3.63) is 188 Å². The minimum atomic E-state index is 0.604. The highest BCUT2D eigenvalue weighted by Crippen LogP contribution is 2.49. The van der Waals surface area contributed by atoms with Crippen LogP contribution in [0.15, 0.2) is 192 Å². The van der Waals surface area contributed by atoms with Gasteiger partial charge in [-0.2, -0.15) is 0 Å². The van der Waals surface area contributed by atoms with Crippen LogP contribution < -0.4 is 0 Å². The standard InChI is InChI=1S/C51H31N5O/c1-4-17-32(18-5-1)49-52-50(33-19-6-2-7-20-33)54-51(53-49)34-21-16-24-36(31-34)56-41-29-14-11-26-38(41)44-43-37-25-10-13-28-40(37)55(35-22-8-3-9-23-35)46(43)45-39-27-12-15-30-42(39)57-48(45)47(44)56/h1-31H. The van der Waals surface area contributed by atoms with Crippen LogP contribution in [0.1, 0.15) is 0 Å². The first kappa shape index (κ1) is 31.5. The minimum absolute atomic E-state index is 0.604. The number of nitrogens with zero attached hydrogens (tertiary/aromatic N) is 5. The van der Waals surface area contributed by atoms with Gasteiger partial charge in [0.1, 0.15) is 5.58 Å². The Hall–Kier alpha value is -7.83. The molecule has 6 nitrogen and oxygen atoms in total. The molecule has 12 aromatic rings. The summed E-state index contributed by atoms with van der Waals surface area (Å²) in [6.07, 6.45) is 0. The number of rotatable bonds is 5. The molecular weight excluding hydrogens is 699 g/mol. The van der Waals surface area contributed by atoms with E-state index in [1.807, 2.05) is 66.7 Å². The van der Waals surface area contributed by atoms with E-state index in [1.54, 1.807) is 0 Å². The minimum Gasteiger partial charge on any atom is -0.454 e. The third-order valence-corrected chi connectivity index (χ3v) is 11.1. The van der Waals surface area contributed by atoms with Gasteiger partial charge in [-0.05, 0) is 42.5 Å². The lowest BCUT2D eigenvalue weighted by molar-refractivity contribution is 0.671. The Kier molecular flexibility index (Phi) is 6.83. The van der Waals surface area contributed by atoms with Crippen LogP contribution >= 0.6 is 0 Å². The third kappa shape index (κ3) is 4.74. The van der Waals surface area contributed by atoms with Crippen molar-refractivity contribution in [2.75, 3.05) is 0 Å². The van der Waals surface area contributed by atoms with Gasteiger partial charge in [0, 0.05) is 55.0 Å². The largest absolute Gasteiger partial charge is 0.454 e. The fraction of sp³-hybridized carbons (Fsp3) is 0. The summed E-state index contributed by atoms with van der Waals surface area (Å²) in [5, 5.41) is 6.87. The Morgan fingerprint density at radius 1 is 0.351 bits per heavy atom. The smallest absolute Gasteiger partial charge is 0.164 e. The van der Waals surface area contributed by atoms with Crippen molar-refractivity contribution in [1.29, 1.82) is 0 Å². The lowest BCUT2D eigenvalue weighted by Gasteiger charge is -2.12. The molecule has 0 aliphatic heterocycles. The first-order chi connectivity index (χ1) is 28.3. The third-order valence-electron chi connectivity index (χ3n) is 11.1. The number of fused-ring (bicyclic) bond motifs is 12. The molecule has 12 rings (SSSR count). The van der Waals surface area contributed by atoms with Gasteiger partial charge in [-0.15, -0.1) is 0 Å². The second-order valence-corrected chi connectivity index (χ2v) is 14.4. The predicted molar refractivity (Wildman–Crippen MR) is 232 cm³/mol. The van der Waals surface area contributed by atoms with Crippen molar-refractivity contribution >= 4 is 65.6 Å². The first-order valence-corrected chi connectivity index (χ1v) is 19.1. The molecule has 0 amide bonds. The normalized spacial score (nSPS) is 11.9. The van der Waals surface area contributed by atoms with Crippen LogP contribution in [0.4, 0.5) is 0 Å². The van der Waals surface area contributed by atoms with Crippen LogP contribution in [-0.2, 0) is 0 Å². The molecule has 0 spiro atoms. The molecule has 0 bridgehead atoms. The maximum atomic E-state index is 7.03. The van der Waals surface area contributed by atoms with Crippen molar-refractivity contribution < 1.29 is 4.42 Å². The molecule has 0 aliphatic carbocycles. The summed E-state index contributed by atoms with van der Waals surface area (Å²) in [4.78, 5) is 15.1. The van der Waals surface area contributed by atoms with Crippen molar-refractivity contribution in [2.24, 2.45) is 0 Å². The van der Waals surface area contributed by atoms with Gasteiger partial charge < -0.3 is 13.6 Å². The molecule has 0 N–H and O–H groups in total. The molecule has 8 aromatic carbocycles. The molecule has 0 aliphatic rings. The van der Waals surface area contributed by atoms with Crippen LogP contribution in [0.25, 0.3) is 111 Å². The quantitative estimate of drug-likeness (QED) is 0.177. The fourth-order valence-electron chi connectivity index (χ4n) is 8.72. The van der Waals surface area contributed by atoms with Gasteiger partial charge >= 0.3 is 0 Å². The van der Waals surface area contributed by atoms with E-state index in [2.05, 4.69) is 130 Å². The van der Waals surface area contributed by atoms with Crippen molar-refractivity contribution in [3.8, 4) is 45.5 Å². The van der Waals surface area contributed by atoms with E-state index in [-0.39, 0.29) is 0 Å². The number of furan rings is 1. The van der Waals surface area contributed by atoms with Crippen molar-refractivity contribution in [3.63, 3.8) is 0 Å². The topological polar surface area (TPSA) is 61.7 Å². The molecule has 0 radical (unpaired) electrons. The zero-order valence-electron chi connectivity index (χ0n) is 30.5. The molecule has 4 heterocycles. The summed E-state index contributed by atoms with van der Waals surface area (Å²) in [5.74, 6) is 1.86. The molecule has 0 saturated heterocycles. The summed E-state index contributed by atoms with van der Waals surface area (Å²) in [6.45, 7) is 0. The van der Waals surface area contributed by atoms with Crippen molar-refractivity contribution in [2.45, 2.75) is 0 Å². The van der Waals surface area contributed by atoms with Crippen LogP contribution in [0.2, 0.25) is 0 Å². The second kappa shape index (κ2) is 12.3. The summed E-state index contributed by atoms with van der Waals surface area (Å²) >= 11 is 0. The first-order valence-electron chi connectivity index (χ1n) is 19.1. The summed E-state index contributed by atoms with van der Waals surface area (Å²) in [7, 11) is 0. The van der Waals surface area contributed by atoms with E-state index < -0.39 is 0 Å². The number of benzene rings is 8. The second-order valence-electron chi connectivity index (χ2n) is 14.4. The summed E-state index contributed by atoms with van der Waals surface area (Å²) in [6, 6.07) is 65.3. The number of hydrogen-bond donors (Lipinski definition) is 0. The lowest BCUT2D eigenvalue weighted by Crippen LogP contribution is -2.01. The highest BCUT2D eigenvalue weighted by Gasteiger charge is 2.27. The number of aromatic nitrogens is 5. The van der Waals surface area contributed by atoms with E-state index in [4.69, 9.17) is 19.4 Å². The van der Waals surface area contributed by atoms with Gasteiger partial charge in [0.2, 0.25) is 0 Å². The summed E-state index contributed by atoms with van der Waals surface area (Å²) in [5.41, 5.74) is 10.9. The number of para-hydroxylation sites is 4. The van der Waals surface area contributed by atoms with Gasteiger partial charge in [-0.3, -0.25) is 0 Å². The van der Waals surface area contributed by atoms with Gasteiger partial charge in [-0.25, -0.2) is 15.0 Å². The molecule has 6 heteroatoms. The monoisotopic (exact) mass is 729 g/mol. The van der Waals surface area contributed by atoms with E-state index >= 15 is 0 Å². The molecule has 0 saturated carbocycles. The van der Waals surface area contributed by atoms with Gasteiger partial charge in [0.15, 0.2) is 23.1 Å². The van der Waals surface area contributed by atoms with Crippen LogP contribution in [0.3, 0.4) is 0 Å². The van der Waals surface area contributed by atoms with Crippen LogP contribution in [0, 0.1) is 0 Å². The lowest BCUT2D eigenvalue weighted by atomic mass is 10.0. The van der Waals surface area contributed by atoms with Gasteiger partial charge in [0.25, 0.3) is 0 Å². The molecule has 4 aromatic heterocycles. The van der Waals surface area contributed by atoms with E-state index in [0.717, 1.165) is 82.8 Å². The zero-order chi connectivity index (χ0) is 37.5. The van der Waals surface area contributed by atoms with Crippen LogP contribution in [-0.4, -0.2) is 24.1 Å². The van der Waals surface area contributed by atoms with Crippen molar-refractivity contribution in [1.82, 2.24) is 24.1 Å². The van der Waals surface area contributed by atoms with Gasteiger partial charge in [0.05, 0.1) is 27.5 Å². The van der Waals surface area contributed by atoms with E-state index in [0.29, 0.717) is 17.5 Å². The van der Waals surface area contributed by atoms with Gasteiger partial charge in [-0.1, -0.05) is 146 Å².